The molecule has 2 N–H and O–H groups in total. The van der Waals surface area contributed by atoms with Crippen LogP contribution in [0.2, 0.25) is 0 Å². The average molecular weight is 221 g/mol. The van der Waals surface area contributed by atoms with Crippen molar-refractivity contribution in [2.45, 2.75) is 12.8 Å². The van der Waals surface area contributed by atoms with E-state index in [1.165, 1.54) is 0 Å². The van der Waals surface area contributed by atoms with E-state index in [0.29, 0.717) is 36.8 Å². The molecule has 86 valence electrons. The molecule has 1 aromatic rings. The molecule has 0 spiro atoms. The summed E-state index contributed by atoms with van der Waals surface area (Å²) in [5.74, 6) is 1.42. The monoisotopic (exact) mass is 221 g/mol. The summed E-state index contributed by atoms with van der Waals surface area (Å²) in [6.45, 7) is 3.55. The largest absolute Gasteiger partial charge is 0.486 e. The first kappa shape index (κ1) is 11.0. The quantitative estimate of drug-likeness (QED) is 0.782. The van der Waals surface area contributed by atoms with Gasteiger partial charge in [-0.2, -0.15) is 0 Å². The zero-order valence-corrected chi connectivity index (χ0v) is 9.23. The van der Waals surface area contributed by atoms with Crippen LogP contribution in [-0.4, -0.2) is 26.0 Å². The van der Waals surface area contributed by atoms with Gasteiger partial charge >= 0.3 is 0 Å². The van der Waals surface area contributed by atoms with Crippen LogP contribution in [0.3, 0.4) is 0 Å². The summed E-state index contributed by atoms with van der Waals surface area (Å²) in [5, 5.41) is 0. The molecule has 0 saturated heterocycles. The Hall–Kier alpha value is -1.55. The lowest BCUT2D eigenvalue weighted by Crippen LogP contribution is -2.19. The van der Waals surface area contributed by atoms with Crippen molar-refractivity contribution in [1.29, 1.82) is 0 Å². The first-order valence-electron chi connectivity index (χ1n) is 5.35. The van der Waals surface area contributed by atoms with Crippen molar-refractivity contribution >= 4 is 6.29 Å². The van der Waals surface area contributed by atoms with Crippen molar-refractivity contribution in [2.75, 3.05) is 19.8 Å². The van der Waals surface area contributed by atoms with E-state index in [1.54, 1.807) is 6.07 Å². The zero-order valence-electron chi connectivity index (χ0n) is 9.23. The van der Waals surface area contributed by atoms with Crippen LogP contribution in [0.25, 0.3) is 0 Å². The number of aldehydes is 1. The molecule has 1 heterocycles. The Morgan fingerprint density at radius 2 is 2.06 bits per heavy atom. The van der Waals surface area contributed by atoms with Crippen LogP contribution in [-0.2, 0) is 0 Å². The maximum absolute atomic E-state index is 10.9. The van der Waals surface area contributed by atoms with Crippen LogP contribution in [0.15, 0.2) is 12.1 Å². The summed E-state index contributed by atoms with van der Waals surface area (Å²) in [4.78, 5) is 10.9. The highest BCUT2D eigenvalue weighted by atomic mass is 16.6. The summed E-state index contributed by atoms with van der Waals surface area (Å²) in [6.07, 6.45) is 0.782. The van der Waals surface area contributed by atoms with Crippen molar-refractivity contribution in [2.24, 2.45) is 5.73 Å². The molecule has 0 amide bonds. The third-order valence-electron chi connectivity index (χ3n) is 2.76. The van der Waals surface area contributed by atoms with Gasteiger partial charge < -0.3 is 15.2 Å². The van der Waals surface area contributed by atoms with E-state index >= 15 is 0 Å². The van der Waals surface area contributed by atoms with E-state index in [9.17, 15) is 4.79 Å². The molecule has 1 aliphatic rings. The van der Waals surface area contributed by atoms with Crippen LogP contribution in [0, 0.1) is 0 Å². The highest BCUT2D eigenvalue weighted by Gasteiger charge is 2.22. The Labute approximate surface area is 94.3 Å². The molecular weight excluding hydrogens is 206 g/mol. The number of fused-ring (bicyclic) bond motifs is 1. The topological polar surface area (TPSA) is 61.6 Å². The fourth-order valence-electron chi connectivity index (χ4n) is 1.79. The zero-order chi connectivity index (χ0) is 11.5. The van der Waals surface area contributed by atoms with Gasteiger partial charge in [0.25, 0.3) is 0 Å². The molecule has 0 bridgehead atoms. The number of nitrogens with two attached hydrogens (primary N) is 1. The van der Waals surface area contributed by atoms with Gasteiger partial charge in [-0.3, -0.25) is 4.79 Å². The van der Waals surface area contributed by atoms with Crippen LogP contribution >= 0.6 is 0 Å². The first-order valence-corrected chi connectivity index (χ1v) is 5.35. The summed E-state index contributed by atoms with van der Waals surface area (Å²) < 4.78 is 11.1. The van der Waals surface area contributed by atoms with Crippen molar-refractivity contribution in [3.05, 3.63) is 23.3 Å². The smallest absolute Gasteiger partial charge is 0.172 e. The van der Waals surface area contributed by atoms with Crippen molar-refractivity contribution < 1.29 is 14.3 Å². The summed E-state index contributed by atoms with van der Waals surface area (Å²) in [7, 11) is 0. The van der Waals surface area contributed by atoms with E-state index in [1.807, 2.05) is 13.0 Å². The third kappa shape index (κ3) is 1.76. The van der Waals surface area contributed by atoms with Gasteiger partial charge in [0.2, 0.25) is 0 Å². The van der Waals surface area contributed by atoms with Crippen LogP contribution in [0.5, 0.6) is 11.5 Å². The Balaban J connectivity index is 2.52. The SMILES string of the molecule is CC(CN)c1ccc(C=O)c2c1OCCO2. The van der Waals surface area contributed by atoms with Gasteiger partial charge in [-0.15, -0.1) is 0 Å². The van der Waals surface area contributed by atoms with E-state index in [4.69, 9.17) is 15.2 Å². The minimum absolute atomic E-state index is 0.191. The van der Waals surface area contributed by atoms with Crippen LogP contribution < -0.4 is 15.2 Å². The van der Waals surface area contributed by atoms with E-state index < -0.39 is 0 Å². The molecular formula is C12H15NO3. The van der Waals surface area contributed by atoms with Gasteiger partial charge in [-0.05, 0) is 18.5 Å². The second-order valence-corrected chi connectivity index (χ2v) is 3.85. The molecule has 4 heteroatoms. The predicted molar refractivity (Wildman–Crippen MR) is 60.3 cm³/mol. The highest BCUT2D eigenvalue weighted by Crippen LogP contribution is 2.39. The standard InChI is InChI=1S/C12H15NO3/c1-8(6-13)10-3-2-9(7-14)11-12(10)16-5-4-15-11/h2-3,7-8H,4-6,13H2,1H3. The number of carbonyl (C=O) groups excluding carboxylic acids is 1. The second-order valence-electron chi connectivity index (χ2n) is 3.85. The first-order chi connectivity index (χ1) is 7.77. The van der Waals surface area contributed by atoms with Crippen molar-refractivity contribution in [3.8, 4) is 11.5 Å². The van der Waals surface area contributed by atoms with Gasteiger partial charge in [0.1, 0.15) is 13.2 Å². The van der Waals surface area contributed by atoms with Crippen molar-refractivity contribution in [1.82, 2.24) is 0 Å². The fraction of sp³-hybridized carbons (Fsp3) is 0.417. The minimum atomic E-state index is 0.191. The normalized spacial score (nSPS) is 15.6. The number of benzene rings is 1. The third-order valence-corrected chi connectivity index (χ3v) is 2.76. The Morgan fingerprint density at radius 3 is 2.69 bits per heavy atom. The maximum atomic E-state index is 10.9. The van der Waals surface area contributed by atoms with Crippen molar-refractivity contribution in [3.63, 3.8) is 0 Å². The van der Waals surface area contributed by atoms with Gasteiger partial charge in [0, 0.05) is 5.56 Å². The Kier molecular flexibility index (Phi) is 3.10. The van der Waals surface area contributed by atoms with Gasteiger partial charge in [-0.1, -0.05) is 13.0 Å². The van der Waals surface area contributed by atoms with Crippen LogP contribution in [0.1, 0.15) is 28.8 Å². The summed E-state index contributed by atoms with van der Waals surface area (Å²) >= 11 is 0. The Bertz CT molecular complexity index is 403. The molecule has 0 aromatic heterocycles. The molecule has 1 atom stereocenters. The van der Waals surface area contributed by atoms with E-state index in [2.05, 4.69) is 0 Å². The Morgan fingerprint density at radius 1 is 1.38 bits per heavy atom. The highest BCUT2D eigenvalue weighted by molar-refractivity contribution is 5.82. The lowest BCUT2D eigenvalue weighted by atomic mass is 9.97. The molecule has 1 aromatic carbocycles. The minimum Gasteiger partial charge on any atom is -0.486 e. The maximum Gasteiger partial charge on any atom is 0.172 e. The number of hydrogen-bond donors (Lipinski definition) is 1. The molecule has 1 unspecified atom stereocenters. The van der Waals surface area contributed by atoms with E-state index in [0.717, 1.165) is 11.8 Å². The molecule has 1 aliphatic heterocycles. The molecule has 2 rings (SSSR count). The van der Waals surface area contributed by atoms with Gasteiger partial charge in [0.05, 0.1) is 5.56 Å². The summed E-state index contributed by atoms with van der Waals surface area (Å²) in [6, 6.07) is 3.64. The molecule has 0 fully saturated rings. The second kappa shape index (κ2) is 4.53. The van der Waals surface area contributed by atoms with Gasteiger partial charge in [0.15, 0.2) is 17.8 Å². The lowest BCUT2D eigenvalue weighted by Gasteiger charge is -2.24. The number of carbonyl (C=O) groups is 1. The van der Waals surface area contributed by atoms with E-state index in [-0.39, 0.29) is 5.92 Å². The van der Waals surface area contributed by atoms with Gasteiger partial charge in [-0.25, -0.2) is 0 Å². The molecule has 0 aliphatic carbocycles. The predicted octanol–water partition coefficient (Wildman–Crippen LogP) is 1.33. The molecule has 0 saturated carbocycles. The molecule has 0 radical (unpaired) electrons. The molecule has 4 nitrogen and oxygen atoms in total. The molecule has 16 heavy (non-hydrogen) atoms. The number of hydrogen-bond acceptors (Lipinski definition) is 4. The number of rotatable bonds is 3. The fourth-order valence-corrected chi connectivity index (χ4v) is 1.79. The lowest BCUT2D eigenvalue weighted by molar-refractivity contribution is 0.111. The summed E-state index contributed by atoms with van der Waals surface area (Å²) in [5.41, 5.74) is 7.17. The van der Waals surface area contributed by atoms with Crippen LogP contribution in [0.4, 0.5) is 0 Å². The average Bonchev–Trinajstić information content (AvgIpc) is 2.36. The number of ether oxygens (including phenoxy) is 2.